The van der Waals surface area contributed by atoms with Gasteiger partial charge in [-0.3, -0.25) is 14.4 Å². The van der Waals surface area contributed by atoms with Gasteiger partial charge in [0, 0.05) is 49.6 Å². The van der Waals surface area contributed by atoms with Crippen LogP contribution in [0.1, 0.15) is 56.2 Å². The van der Waals surface area contributed by atoms with Crippen LogP contribution < -0.4 is 35.6 Å². The van der Waals surface area contributed by atoms with Crippen LogP contribution >= 0.6 is 0 Å². The van der Waals surface area contributed by atoms with E-state index in [1.54, 1.807) is 33.5 Å². The van der Waals surface area contributed by atoms with Crippen molar-refractivity contribution in [2.75, 3.05) is 38.5 Å². The molecule has 1 aromatic heterocycles. The van der Waals surface area contributed by atoms with Crippen LogP contribution in [0.2, 0.25) is 0 Å². The summed E-state index contributed by atoms with van der Waals surface area (Å²) in [7, 11) is 6.70. The Morgan fingerprint density at radius 1 is 0.935 bits per heavy atom. The monoisotopic (exact) mass is 626 g/mol. The molecule has 0 saturated heterocycles. The number of nitrogens with zero attached hydrogens (tertiary/aromatic N) is 1. The van der Waals surface area contributed by atoms with Gasteiger partial charge >= 0.3 is 0 Å². The molecule has 0 fully saturated rings. The van der Waals surface area contributed by atoms with Crippen LogP contribution in [-0.4, -0.2) is 44.3 Å². The van der Waals surface area contributed by atoms with Gasteiger partial charge in [-0.15, -0.1) is 0 Å². The molecule has 1 aliphatic rings. The van der Waals surface area contributed by atoms with Gasteiger partial charge in [0.1, 0.15) is 0 Å². The largest absolute Gasteiger partial charge is 0.493 e. The summed E-state index contributed by atoms with van der Waals surface area (Å²) in [6.07, 6.45) is 5.99. The zero-order valence-corrected chi connectivity index (χ0v) is 27.1. The molecule has 5 rings (SSSR count). The molecule has 10 heteroatoms. The van der Waals surface area contributed by atoms with Gasteiger partial charge in [0.05, 0.1) is 38.7 Å². The Morgan fingerprint density at radius 2 is 1.74 bits per heavy atom. The summed E-state index contributed by atoms with van der Waals surface area (Å²) in [6, 6.07) is 14.8. The molecular formula is C36H42N4O6. The first-order valence-electron chi connectivity index (χ1n) is 15.6. The Balaban J connectivity index is 1.29. The molecule has 0 aliphatic heterocycles. The molecule has 0 spiro atoms. The minimum absolute atomic E-state index is 0.0126. The molecule has 1 heterocycles. The Morgan fingerprint density at radius 3 is 2.48 bits per heavy atom. The van der Waals surface area contributed by atoms with E-state index >= 15 is 0 Å². The van der Waals surface area contributed by atoms with Crippen LogP contribution in [0.25, 0.3) is 22.0 Å². The Labute approximate surface area is 269 Å². The molecular weight excluding hydrogens is 584 g/mol. The molecule has 1 aliphatic carbocycles. The number of carbonyl (C=O) groups is 2. The highest BCUT2D eigenvalue weighted by Crippen LogP contribution is 2.50. The van der Waals surface area contributed by atoms with Gasteiger partial charge in [-0.05, 0) is 78.8 Å². The minimum atomic E-state index is -0.366. The van der Waals surface area contributed by atoms with Crippen molar-refractivity contribution in [3.05, 3.63) is 76.1 Å². The summed E-state index contributed by atoms with van der Waals surface area (Å²) in [4.78, 5) is 38.3. The molecule has 46 heavy (non-hydrogen) atoms. The van der Waals surface area contributed by atoms with E-state index in [2.05, 4.69) is 16.0 Å². The lowest BCUT2D eigenvalue weighted by Crippen LogP contribution is -2.26. The molecule has 0 saturated carbocycles. The van der Waals surface area contributed by atoms with Gasteiger partial charge in [0.25, 0.3) is 0 Å². The van der Waals surface area contributed by atoms with Crippen molar-refractivity contribution in [3.63, 3.8) is 0 Å². The second kappa shape index (κ2) is 14.4. The lowest BCUT2D eigenvalue weighted by molar-refractivity contribution is -0.119. The van der Waals surface area contributed by atoms with Crippen LogP contribution in [0.5, 0.6) is 17.2 Å². The number of anilines is 2. The van der Waals surface area contributed by atoms with Crippen molar-refractivity contribution in [3.8, 4) is 28.4 Å². The average molecular weight is 627 g/mol. The average Bonchev–Trinajstić information content (AvgIpc) is 3.27. The number of rotatable bonds is 12. The maximum absolute atomic E-state index is 13.5. The van der Waals surface area contributed by atoms with Crippen LogP contribution in [-0.2, 0) is 23.1 Å². The zero-order chi connectivity index (χ0) is 32.8. The van der Waals surface area contributed by atoms with Crippen molar-refractivity contribution in [1.29, 1.82) is 0 Å². The summed E-state index contributed by atoms with van der Waals surface area (Å²) >= 11 is 0. The fourth-order valence-electron chi connectivity index (χ4n) is 6.29. The molecule has 3 aromatic carbocycles. The number of hydrogen-bond donors (Lipinski definition) is 3. The van der Waals surface area contributed by atoms with Gasteiger partial charge in [0.15, 0.2) is 11.5 Å². The van der Waals surface area contributed by atoms with E-state index in [9.17, 15) is 14.4 Å². The van der Waals surface area contributed by atoms with Gasteiger partial charge in [-0.25, -0.2) is 0 Å². The number of benzene rings is 2. The minimum Gasteiger partial charge on any atom is -0.493 e. The fraction of sp³-hybridized carbons (Fsp3) is 0.361. The van der Waals surface area contributed by atoms with Crippen molar-refractivity contribution in [2.45, 2.75) is 51.5 Å². The van der Waals surface area contributed by atoms with Gasteiger partial charge in [-0.2, -0.15) is 0 Å². The number of amides is 2. The number of methoxy groups -OCH3 is 3. The molecule has 3 N–H and O–H groups in total. The SMILES string of the molecule is COc1cc2c(c(OC)c1OC)-c1ccc(NCCCCCC(=O)Nc3cccc4c3ccn4C)c(=O)cc1C(NC(C)=O)CC2. The predicted molar refractivity (Wildman–Crippen MR) is 181 cm³/mol. The topological polar surface area (TPSA) is 120 Å². The number of carbonyl (C=O) groups excluding carboxylic acids is 2. The second-order valence-electron chi connectivity index (χ2n) is 11.5. The number of nitrogens with one attached hydrogen (secondary N) is 3. The first kappa shape index (κ1) is 32.4. The Bertz CT molecular complexity index is 1820. The van der Waals surface area contributed by atoms with E-state index in [4.69, 9.17) is 14.2 Å². The molecule has 2 amide bonds. The third-order valence-electron chi connectivity index (χ3n) is 8.51. The van der Waals surface area contributed by atoms with Gasteiger partial charge in [0.2, 0.25) is 23.0 Å². The standard InChI is InChI=1S/C36H42N4O6/c1-22(41)38-28-15-13-23-20-32(44-3)35(45-4)36(46-5)34(23)24-14-16-29(31(42)21-26(24)28)37-18-8-6-7-12-33(43)39-27-10-9-11-30-25(27)17-19-40(30)2/h9-11,14,16-17,19-21,28H,6-8,12-13,15,18H2,1-5H3,(H,37,42)(H,38,41)(H,39,43). The molecule has 4 aromatic rings. The van der Waals surface area contributed by atoms with Crippen molar-refractivity contribution >= 4 is 34.1 Å². The van der Waals surface area contributed by atoms with Crippen LogP contribution in [0, 0.1) is 0 Å². The van der Waals surface area contributed by atoms with E-state index in [-0.39, 0.29) is 23.3 Å². The van der Waals surface area contributed by atoms with Crippen LogP contribution in [0.3, 0.4) is 0 Å². The predicted octanol–water partition coefficient (Wildman–Crippen LogP) is 5.97. The smallest absolute Gasteiger partial charge is 0.224 e. The summed E-state index contributed by atoms with van der Waals surface area (Å²) in [5.74, 6) is 1.34. The number of aromatic nitrogens is 1. The third-order valence-corrected chi connectivity index (χ3v) is 8.51. The van der Waals surface area contributed by atoms with Crippen molar-refractivity contribution < 1.29 is 23.8 Å². The summed E-state index contributed by atoms with van der Waals surface area (Å²) in [5.41, 5.74) is 5.47. The first-order chi connectivity index (χ1) is 22.2. The van der Waals surface area contributed by atoms with E-state index in [1.807, 2.05) is 54.2 Å². The number of unbranched alkanes of at least 4 members (excludes halogenated alkanes) is 2. The Hall–Kier alpha value is -4.99. The van der Waals surface area contributed by atoms with E-state index in [0.717, 1.165) is 58.1 Å². The van der Waals surface area contributed by atoms with Crippen molar-refractivity contribution in [1.82, 2.24) is 9.88 Å². The van der Waals surface area contributed by atoms with E-state index in [1.165, 1.54) is 6.92 Å². The second-order valence-corrected chi connectivity index (χ2v) is 11.5. The lowest BCUT2D eigenvalue weighted by atomic mass is 9.95. The molecule has 1 unspecified atom stereocenters. The number of aryl methyl sites for hydroxylation is 2. The maximum atomic E-state index is 13.5. The highest BCUT2D eigenvalue weighted by Gasteiger charge is 2.29. The molecule has 0 bridgehead atoms. The molecule has 0 radical (unpaired) electrons. The van der Waals surface area contributed by atoms with Crippen LogP contribution in [0.15, 0.2) is 59.5 Å². The number of hydrogen-bond acceptors (Lipinski definition) is 7. The third kappa shape index (κ3) is 6.80. The fourth-order valence-corrected chi connectivity index (χ4v) is 6.29. The highest BCUT2D eigenvalue weighted by molar-refractivity contribution is 6.01. The zero-order valence-electron chi connectivity index (χ0n) is 27.1. The molecule has 242 valence electrons. The van der Waals surface area contributed by atoms with Crippen LogP contribution in [0.4, 0.5) is 11.4 Å². The summed E-state index contributed by atoms with van der Waals surface area (Å²) in [6.45, 7) is 2.06. The molecule has 1 atom stereocenters. The number of ether oxygens (including phenoxy) is 3. The first-order valence-corrected chi connectivity index (χ1v) is 15.6. The lowest BCUT2D eigenvalue weighted by Gasteiger charge is -2.19. The Kier molecular flexibility index (Phi) is 10.1. The summed E-state index contributed by atoms with van der Waals surface area (Å²) in [5, 5.41) is 10.4. The van der Waals surface area contributed by atoms with Crippen molar-refractivity contribution in [2.24, 2.45) is 7.05 Å². The quantitative estimate of drug-likeness (QED) is 0.166. The van der Waals surface area contributed by atoms with Gasteiger partial charge < -0.3 is 34.7 Å². The summed E-state index contributed by atoms with van der Waals surface area (Å²) < 4.78 is 19.1. The maximum Gasteiger partial charge on any atom is 0.224 e. The molecule has 10 nitrogen and oxygen atoms in total. The van der Waals surface area contributed by atoms with Gasteiger partial charge in [-0.1, -0.05) is 18.6 Å². The number of fused-ring (bicyclic) bond motifs is 4. The van der Waals surface area contributed by atoms with E-state index < -0.39 is 0 Å². The normalized spacial score (nSPS) is 13.6. The van der Waals surface area contributed by atoms with E-state index in [0.29, 0.717) is 48.7 Å². The highest BCUT2D eigenvalue weighted by atomic mass is 16.5.